The Morgan fingerprint density at radius 1 is 0.174 bits per heavy atom. The van der Waals surface area contributed by atoms with Gasteiger partial charge in [0, 0.05) is 121 Å². The van der Waals surface area contributed by atoms with Crippen LogP contribution in [-0.2, 0) is 16.2 Å². The number of hydrogen-bond acceptors (Lipinski definition) is 2. The second-order valence-corrected chi connectivity index (χ2v) is 40.3. The second-order valence-electron chi connectivity index (χ2n) is 40.3. The number of para-hydroxylation sites is 4. The van der Waals surface area contributed by atoms with Crippen molar-refractivity contribution in [3.63, 3.8) is 0 Å². The normalized spacial score (nSPS) is 13.9. The van der Waals surface area contributed by atoms with Gasteiger partial charge in [-0.1, -0.05) is 308 Å². The highest BCUT2D eigenvalue weighted by Gasteiger charge is 2.40. The number of aromatic nitrogens is 7. The molecule has 30 rings (SSSR count). The van der Waals surface area contributed by atoms with E-state index in [2.05, 4.69) is 483 Å². The number of rotatable bonds is 10. The van der Waals surface area contributed by atoms with Crippen molar-refractivity contribution in [2.45, 2.75) is 57.8 Å². The van der Waals surface area contributed by atoms with E-state index in [4.69, 9.17) is 9.97 Å². The summed E-state index contributed by atoms with van der Waals surface area (Å²) in [6.07, 6.45) is 0. The molecule has 138 heavy (non-hydrogen) atoms. The predicted molar refractivity (Wildman–Crippen MR) is 576 cm³/mol. The third-order valence-electron chi connectivity index (χ3n) is 32.0. The van der Waals surface area contributed by atoms with Gasteiger partial charge in [-0.15, -0.1) is 0 Å². The number of nitrogens with zero attached hydrogens (tertiary/aromatic N) is 7. The van der Waals surface area contributed by atoms with Gasteiger partial charge in [0.1, 0.15) is 0 Å². The van der Waals surface area contributed by atoms with Gasteiger partial charge in [-0.2, -0.15) is 0 Å². The van der Waals surface area contributed by atoms with Gasteiger partial charge in [0.25, 0.3) is 0 Å². The average molecular weight is 1760 g/mol. The second kappa shape index (κ2) is 28.0. The van der Waals surface area contributed by atoms with Gasteiger partial charge in [-0.3, -0.25) is 0 Å². The van der Waals surface area contributed by atoms with Crippen LogP contribution in [0.4, 0.5) is 0 Å². The van der Waals surface area contributed by atoms with Crippen LogP contribution in [0.3, 0.4) is 0 Å². The standard InChI is InChI=1S/C131H87N7/c1-129(2)108-39-17-10-30-90(108)93-55-52-85(73-111(93)129)134-114-42-20-13-33-96(114)102-66-78(46-58-118(102)134)79-49-61-121-105(69-79)99-36-16-23-45-117(99)137(121)88-64-84(126-125-100-37-24-28-76-29-25-38-101(124(76)100)127(125)133-128(132-126)77-26-8-7-9-27-77)65-89(72-88)138-122-62-50-82(80-47-59-119-103(67-80)97-34-14-21-43-115(97)135(119)86-53-56-94-91-31-11-18-40-109(91)130(3,4)112(94)74-86)70-106(122)107-71-83(51-63-123(107)138)81-48-60-120-104(68-81)98-35-15-22-44-116(98)136(120)87-54-57-95-92-32-12-19-41-110(92)131(5,6)113(95)75-87/h7-75H,1-6H3. The van der Waals surface area contributed by atoms with E-state index in [1.165, 1.54) is 149 Å². The zero-order valence-electron chi connectivity index (χ0n) is 77.0. The zero-order chi connectivity index (χ0) is 91.2. The Morgan fingerprint density at radius 2 is 0.457 bits per heavy atom. The Hall–Kier alpha value is -17.3. The molecule has 0 bridgehead atoms. The molecule has 0 N–H and O–H groups in total. The third kappa shape index (κ3) is 10.7. The van der Waals surface area contributed by atoms with Gasteiger partial charge < -0.3 is 22.8 Å². The Kier molecular flexibility index (Phi) is 15.6. The SMILES string of the molecule is CC1(C)c2ccccc2-c2ccc(-n3c4ccccc4c4cc(-c5ccc6c(c5)c5ccccc5n6-c5cc(-c6nc(-c7ccccc7)nc7c6-c6cccc8cccc-7c68)cc(-n6c7ccc(-c8ccc9c(c8)c8ccccc8n9-c8ccc9c(c8)C(C)(C)c8ccccc8-9)cc7c7cc(-c8ccc9c(c8)c8ccccc8n9-c8ccc9c(c8)C(C)(C)c8ccccc8-9)ccc76)c5)ccc43)cc21. The minimum absolute atomic E-state index is 0.138. The lowest BCUT2D eigenvalue weighted by Crippen LogP contribution is -2.15. The van der Waals surface area contributed by atoms with Crippen LogP contribution in [-0.4, -0.2) is 32.8 Å². The van der Waals surface area contributed by atoms with Crippen molar-refractivity contribution in [2.75, 3.05) is 0 Å². The van der Waals surface area contributed by atoms with E-state index in [-0.39, 0.29) is 16.2 Å². The van der Waals surface area contributed by atoms with Crippen molar-refractivity contribution in [1.29, 1.82) is 0 Å². The largest absolute Gasteiger partial charge is 0.309 e. The van der Waals surface area contributed by atoms with E-state index >= 15 is 0 Å². The molecule has 646 valence electrons. The minimum Gasteiger partial charge on any atom is -0.309 e. The van der Waals surface area contributed by atoms with Gasteiger partial charge in [-0.25, -0.2) is 9.97 Å². The van der Waals surface area contributed by atoms with Crippen LogP contribution in [0, 0.1) is 0 Å². The molecule has 0 amide bonds. The molecular weight excluding hydrogens is 1670 g/mol. The van der Waals surface area contributed by atoms with Crippen LogP contribution >= 0.6 is 0 Å². The molecule has 0 atom stereocenters. The molecule has 0 aliphatic heterocycles. The number of fused-ring (bicyclic) bond motifs is 27. The van der Waals surface area contributed by atoms with E-state index in [1.807, 2.05) is 0 Å². The molecule has 26 aromatic rings. The molecule has 0 radical (unpaired) electrons. The third-order valence-corrected chi connectivity index (χ3v) is 32.0. The molecule has 4 aliphatic rings. The maximum absolute atomic E-state index is 5.91. The van der Waals surface area contributed by atoms with Crippen molar-refractivity contribution < 1.29 is 0 Å². The summed E-state index contributed by atoms with van der Waals surface area (Å²) in [5, 5.41) is 14.3. The quantitative estimate of drug-likeness (QED) is 0.137. The zero-order valence-corrected chi connectivity index (χ0v) is 77.0. The molecule has 6 heterocycles. The molecule has 0 spiro atoms. The van der Waals surface area contributed by atoms with Gasteiger partial charge in [0.2, 0.25) is 0 Å². The first-order chi connectivity index (χ1) is 67.7. The van der Waals surface area contributed by atoms with Crippen molar-refractivity contribution >= 4 is 120 Å². The summed E-state index contributed by atoms with van der Waals surface area (Å²) in [6.45, 7) is 14.3. The average Bonchev–Trinajstić information content (AvgIpc) is 1.59. The van der Waals surface area contributed by atoms with E-state index < -0.39 is 0 Å². The molecule has 0 saturated heterocycles. The summed E-state index contributed by atoms with van der Waals surface area (Å²) < 4.78 is 12.5. The van der Waals surface area contributed by atoms with E-state index in [0.717, 1.165) is 139 Å². The highest BCUT2D eigenvalue weighted by molar-refractivity contribution is 6.20. The Bertz CT molecular complexity index is 9670. The molecule has 0 fully saturated rings. The summed E-state index contributed by atoms with van der Waals surface area (Å²) in [5.41, 5.74) is 46.4. The monoisotopic (exact) mass is 1760 g/mol. The van der Waals surface area contributed by atoms with Gasteiger partial charge in [0.15, 0.2) is 5.82 Å². The summed E-state index contributed by atoms with van der Waals surface area (Å²) >= 11 is 0. The fraction of sp³-hybridized carbons (Fsp3) is 0.0687. The van der Waals surface area contributed by atoms with Crippen molar-refractivity contribution in [3.8, 4) is 140 Å². The molecule has 7 nitrogen and oxygen atoms in total. The maximum Gasteiger partial charge on any atom is 0.160 e. The Morgan fingerprint density at radius 3 is 0.819 bits per heavy atom. The first-order valence-electron chi connectivity index (χ1n) is 48.3. The van der Waals surface area contributed by atoms with Crippen LogP contribution in [0.1, 0.15) is 74.9 Å². The summed E-state index contributed by atoms with van der Waals surface area (Å²) in [7, 11) is 0. The van der Waals surface area contributed by atoms with E-state index in [9.17, 15) is 0 Å². The molecule has 6 aromatic heterocycles. The van der Waals surface area contributed by atoms with Crippen LogP contribution in [0.25, 0.3) is 260 Å². The predicted octanol–water partition coefficient (Wildman–Crippen LogP) is 34.0. The highest BCUT2D eigenvalue weighted by atomic mass is 15.0. The van der Waals surface area contributed by atoms with Crippen LogP contribution in [0.2, 0.25) is 0 Å². The maximum atomic E-state index is 5.91. The molecule has 0 unspecified atom stereocenters. The smallest absolute Gasteiger partial charge is 0.160 e. The molecule has 7 heteroatoms. The fourth-order valence-electron chi connectivity index (χ4n) is 25.4. The van der Waals surface area contributed by atoms with Gasteiger partial charge >= 0.3 is 0 Å². The molecule has 20 aromatic carbocycles. The minimum atomic E-state index is -0.154. The van der Waals surface area contributed by atoms with Crippen molar-refractivity contribution in [1.82, 2.24) is 32.8 Å². The van der Waals surface area contributed by atoms with Crippen molar-refractivity contribution in [3.05, 3.63) is 452 Å². The fourth-order valence-corrected chi connectivity index (χ4v) is 25.4. The van der Waals surface area contributed by atoms with Crippen molar-refractivity contribution in [2.24, 2.45) is 0 Å². The lowest BCUT2D eigenvalue weighted by molar-refractivity contribution is 0.660. The van der Waals surface area contributed by atoms with E-state index in [1.54, 1.807) is 0 Å². The van der Waals surface area contributed by atoms with E-state index in [0.29, 0.717) is 5.82 Å². The summed E-state index contributed by atoms with van der Waals surface area (Å²) in [5.74, 6) is 0.673. The first kappa shape index (κ1) is 77.2. The number of benzene rings is 20. The first-order valence-corrected chi connectivity index (χ1v) is 48.3. The van der Waals surface area contributed by atoms with Crippen LogP contribution in [0.5, 0.6) is 0 Å². The highest BCUT2D eigenvalue weighted by Crippen LogP contribution is 2.57. The summed E-state index contributed by atoms with van der Waals surface area (Å²) in [4.78, 5) is 11.5. The lowest BCUT2D eigenvalue weighted by Gasteiger charge is -2.22. The molecule has 4 aliphatic carbocycles. The number of hydrogen-bond donors (Lipinski definition) is 0. The Labute approximate surface area is 797 Å². The van der Waals surface area contributed by atoms with Gasteiger partial charge in [0.05, 0.1) is 66.6 Å². The lowest BCUT2D eigenvalue weighted by atomic mass is 9.82. The molecular formula is C131H87N7. The Balaban J connectivity index is 0.628. The van der Waals surface area contributed by atoms with Crippen LogP contribution < -0.4 is 0 Å². The molecule has 0 saturated carbocycles. The summed E-state index contributed by atoms with van der Waals surface area (Å²) in [6, 6.07) is 158. The topological polar surface area (TPSA) is 50.4 Å². The van der Waals surface area contributed by atoms with Gasteiger partial charge in [-0.05, 0) is 268 Å². The van der Waals surface area contributed by atoms with Crippen LogP contribution in [0.15, 0.2) is 419 Å².